The van der Waals surface area contributed by atoms with Gasteiger partial charge in [-0.15, -0.1) is 11.3 Å². The Morgan fingerprint density at radius 2 is 2.29 bits per heavy atom. The first-order chi connectivity index (χ1) is 9.99. The molecule has 0 radical (unpaired) electrons. The second-order valence-electron chi connectivity index (χ2n) is 5.38. The highest BCUT2D eigenvalue weighted by molar-refractivity contribution is 7.17. The predicted molar refractivity (Wildman–Crippen MR) is 81.7 cm³/mol. The molecule has 0 saturated carbocycles. The summed E-state index contributed by atoms with van der Waals surface area (Å²) in [5, 5.41) is 14.0. The molecule has 0 bridgehead atoms. The first-order valence-electron chi connectivity index (χ1n) is 6.51. The fourth-order valence-electron chi connectivity index (χ4n) is 2.36. The summed E-state index contributed by atoms with van der Waals surface area (Å²) < 4.78 is 0. The third-order valence-corrected chi connectivity index (χ3v) is 5.48. The third-order valence-electron chi connectivity index (χ3n) is 3.76. The number of aliphatic carboxylic acids is 1. The quantitative estimate of drug-likeness (QED) is 0.943. The van der Waals surface area contributed by atoms with Crippen molar-refractivity contribution in [2.45, 2.75) is 13.3 Å². The van der Waals surface area contributed by atoms with Crippen LogP contribution >= 0.6 is 22.7 Å². The largest absolute Gasteiger partial charge is 0.481 e. The molecule has 0 aromatic carbocycles. The van der Waals surface area contributed by atoms with Gasteiger partial charge in [0.2, 0.25) is 0 Å². The van der Waals surface area contributed by atoms with Gasteiger partial charge in [0.05, 0.1) is 11.6 Å². The summed E-state index contributed by atoms with van der Waals surface area (Å²) >= 11 is 2.94. The molecule has 21 heavy (non-hydrogen) atoms. The van der Waals surface area contributed by atoms with E-state index >= 15 is 0 Å². The third kappa shape index (κ3) is 2.58. The number of likely N-dealkylation sites (tertiary alicyclic amines) is 1. The van der Waals surface area contributed by atoms with E-state index in [9.17, 15) is 14.7 Å². The smallest absolute Gasteiger partial charge is 0.311 e. The van der Waals surface area contributed by atoms with Crippen molar-refractivity contribution in [1.29, 1.82) is 0 Å². The minimum Gasteiger partial charge on any atom is -0.481 e. The fourth-order valence-corrected chi connectivity index (χ4v) is 3.95. The predicted octanol–water partition coefficient (Wildman–Crippen LogP) is 2.81. The number of hydrogen-bond donors (Lipinski definition) is 1. The van der Waals surface area contributed by atoms with Crippen molar-refractivity contribution in [2.75, 3.05) is 13.1 Å². The number of rotatable bonds is 3. The van der Waals surface area contributed by atoms with Crippen LogP contribution in [0.2, 0.25) is 0 Å². The minimum absolute atomic E-state index is 0.126. The summed E-state index contributed by atoms with van der Waals surface area (Å²) in [6.45, 7) is 2.42. The van der Waals surface area contributed by atoms with Crippen molar-refractivity contribution >= 4 is 34.6 Å². The SMILES string of the molecule is CC1(C(=O)O)CCN(C(=O)c2cnc(-c3ccsc3)s2)C1. The number of nitrogens with zero attached hydrogens (tertiary/aromatic N) is 2. The number of hydrogen-bond acceptors (Lipinski definition) is 5. The van der Waals surface area contributed by atoms with Crippen LogP contribution < -0.4 is 0 Å². The van der Waals surface area contributed by atoms with E-state index in [4.69, 9.17) is 0 Å². The highest BCUT2D eigenvalue weighted by atomic mass is 32.1. The second kappa shape index (κ2) is 5.23. The van der Waals surface area contributed by atoms with E-state index in [1.165, 1.54) is 11.3 Å². The summed E-state index contributed by atoms with van der Waals surface area (Å²) in [6, 6.07) is 1.97. The molecule has 1 atom stereocenters. The lowest BCUT2D eigenvalue weighted by atomic mass is 9.90. The summed E-state index contributed by atoms with van der Waals surface area (Å²) in [5.74, 6) is -0.972. The Bertz CT molecular complexity index is 680. The molecule has 3 rings (SSSR count). The van der Waals surface area contributed by atoms with E-state index in [1.54, 1.807) is 29.4 Å². The van der Waals surface area contributed by atoms with E-state index < -0.39 is 11.4 Å². The number of carbonyl (C=O) groups excluding carboxylic acids is 1. The number of carboxylic acid groups (broad SMARTS) is 1. The maximum absolute atomic E-state index is 12.4. The van der Waals surface area contributed by atoms with E-state index in [0.29, 0.717) is 17.8 Å². The van der Waals surface area contributed by atoms with E-state index in [1.807, 2.05) is 16.8 Å². The molecule has 1 fully saturated rings. The van der Waals surface area contributed by atoms with Gasteiger partial charge >= 0.3 is 5.97 Å². The van der Waals surface area contributed by atoms with Crippen LogP contribution in [0.1, 0.15) is 23.0 Å². The number of thiophene rings is 1. The normalized spacial score (nSPS) is 21.7. The average Bonchev–Trinajstić information content (AvgIpc) is 3.18. The van der Waals surface area contributed by atoms with Crippen molar-refractivity contribution in [3.05, 3.63) is 27.9 Å². The Balaban J connectivity index is 1.76. The number of carbonyl (C=O) groups is 2. The lowest BCUT2D eigenvalue weighted by Crippen LogP contribution is -2.34. The fraction of sp³-hybridized carbons (Fsp3) is 0.357. The zero-order valence-electron chi connectivity index (χ0n) is 11.4. The molecule has 1 unspecified atom stereocenters. The summed E-state index contributed by atoms with van der Waals surface area (Å²) in [5.41, 5.74) is 0.178. The minimum atomic E-state index is -0.846. The van der Waals surface area contributed by atoms with Crippen LogP contribution in [-0.2, 0) is 4.79 Å². The molecule has 2 aromatic heterocycles. The van der Waals surface area contributed by atoms with Gasteiger partial charge in [0.15, 0.2) is 0 Å². The Hall–Kier alpha value is -1.73. The van der Waals surface area contributed by atoms with Crippen LogP contribution in [0.4, 0.5) is 0 Å². The average molecular weight is 322 g/mol. The first-order valence-corrected chi connectivity index (χ1v) is 8.27. The van der Waals surface area contributed by atoms with Crippen LogP contribution in [0, 0.1) is 5.41 Å². The van der Waals surface area contributed by atoms with Crippen molar-refractivity contribution in [1.82, 2.24) is 9.88 Å². The van der Waals surface area contributed by atoms with Crippen LogP contribution in [0.15, 0.2) is 23.0 Å². The van der Waals surface area contributed by atoms with Gasteiger partial charge in [-0.2, -0.15) is 11.3 Å². The Kier molecular flexibility index (Phi) is 3.54. The molecular formula is C14H14N2O3S2. The molecule has 1 aliphatic heterocycles. The number of thiazole rings is 1. The highest BCUT2D eigenvalue weighted by Crippen LogP contribution is 2.33. The number of aromatic nitrogens is 1. The van der Waals surface area contributed by atoms with Gasteiger partial charge in [-0.1, -0.05) is 0 Å². The van der Waals surface area contributed by atoms with Gasteiger partial charge in [-0.25, -0.2) is 4.98 Å². The summed E-state index contributed by atoms with van der Waals surface area (Å²) in [7, 11) is 0. The van der Waals surface area contributed by atoms with E-state index in [-0.39, 0.29) is 12.5 Å². The molecule has 5 nitrogen and oxygen atoms in total. The van der Waals surface area contributed by atoms with Crippen LogP contribution in [0.25, 0.3) is 10.6 Å². The van der Waals surface area contributed by atoms with Gasteiger partial charge < -0.3 is 10.0 Å². The molecule has 110 valence electrons. The van der Waals surface area contributed by atoms with Gasteiger partial charge in [0.25, 0.3) is 5.91 Å². The lowest BCUT2D eigenvalue weighted by Gasteiger charge is -2.19. The standard InChI is InChI=1S/C14H14N2O3S2/c1-14(13(18)19)3-4-16(8-14)12(17)10-6-15-11(21-10)9-2-5-20-7-9/h2,5-7H,3-4,8H2,1H3,(H,18,19). The van der Waals surface area contributed by atoms with Crippen LogP contribution in [-0.4, -0.2) is 40.0 Å². The summed E-state index contributed by atoms with van der Waals surface area (Å²) in [4.78, 5) is 30.1. The van der Waals surface area contributed by atoms with Crippen molar-refractivity contribution < 1.29 is 14.7 Å². The Labute approximate surface area is 129 Å². The zero-order chi connectivity index (χ0) is 15.0. The van der Waals surface area contributed by atoms with Gasteiger partial charge in [0, 0.05) is 24.0 Å². The molecule has 1 aliphatic rings. The van der Waals surface area contributed by atoms with Gasteiger partial charge in [-0.05, 0) is 24.8 Å². The van der Waals surface area contributed by atoms with Crippen molar-refractivity contribution in [2.24, 2.45) is 5.41 Å². The first kappa shape index (κ1) is 14.2. The molecule has 7 heteroatoms. The van der Waals surface area contributed by atoms with E-state index in [0.717, 1.165) is 10.6 Å². The second-order valence-corrected chi connectivity index (χ2v) is 7.19. The van der Waals surface area contributed by atoms with Crippen LogP contribution in [0.3, 0.4) is 0 Å². The molecule has 2 aromatic rings. The molecular weight excluding hydrogens is 308 g/mol. The monoisotopic (exact) mass is 322 g/mol. The molecule has 3 heterocycles. The molecule has 0 spiro atoms. The topological polar surface area (TPSA) is 70.5 Å². The highest BCUT2D eigenvalue weighted by Gasteiger charge is 2.42. The Morgan fingerprint density at radius 1 is 1.48 bits per heavy atom. The van der Waals surface area contributed by atoms with E-state index in [2.05, 4.69) is 4.98 Å². The molecule has 1 N–H and O–H groups in total. The molecule has 1 saturated heterocycles. The lowest BCUT2D eigenvalue weighted by molar-refractivity contribution is -0.147. The number of amides is 1. The van der Waals surface area contributed by atoms with Gasteiger partial charge in [-0.3, -0.25) is 9.59 Å². The maximum Gasteiger partial charge on any atom is 0.311 e. The number of carboxylic acids is 1. The van der Waals surface area contributed by atoms with Crippen molar-refractivity contribution in [3.63, 3.8) is 0 Å². The maximum atomic E-state index is 12.4. The Morgan fingerprint density at radius 3 is 2.90 bits per heavy atom. The van der Waals surface area contributed by atoms with Crippen molar-refractivity contribution in [3.8, 4) is 10.6 Å². The molecule has 1 amide bonds. The summed E-state index contributed by atoms with van der Waals surface area (Å²) in [6.07, 6.45) is 2.07. The molecule has 0 aliphatic carbocycles. The van der Waals surface area contributed by atoms with Crippen LogP contribution in [0.5, 0.6) is 0 Å². The van der Waals surface area contributed by atoms with Gasteiger partial charge in [0.1, 0.15) is 9.88 Å². The zero-order valence-corrected chi connectivity index (χ0v) is 13.0.